The molecule has 1 aromatic heterocycles. The number of nitrogens with zero attached hydrogens (tertiary/aromatic N) is 3. The smallest absolute Gasteiger partial charge is 0.265 e. The van der Waals surface area contributed by atoms with Crippen molar-refractivity contribution < 1.29 is 9.36 Å². The molecule has 1 N–H and O–H groups in total. The van der Waals surface area contributed by atoms with Gasteiger partial charge in [0.25, 0.3) is 6.33 Å². The summed E-state index contributed by atoms with van der Waals surface area (Å²) in [5.41, 5.74) is 3.50. The first-order chi connectivity index (χ1) is 12.6. The number of carbonyl (C=O) groups is 1. The van der Waals surface area contributed by atoms with Gasteiger partial charge in [-0.15, -0.1) is 0 Å². The Morgan fingerprint density at radius 3 is 2.65 bits per heavy atom. The average molecular weight is 347 g/mol. The number of hydrogen-bond donors (Lipinski definition) is 1. The minimum Gasteiger partial charge on any atom is -0.346 e. The zero-order valence-electron chi connectivity index (χ0n) is 15.0. The molecule has 0 radical (unpaired) electrons. The number of rotatable bonds is 4. The van der Waals surface area contributed by atoms with Crippen LogP contribution in [0.4, 0.5) is 0 Å². The van der Waals surface area contributed by atoms with Crippen LogP contribution in [0.25, 0.3) is 5.69 Å². The van der Waals surface area contributed by atoms with Crippen molar-refractivity contribution in [3.63, 3.8) is 0 Å². The highest BCUT2D eigenvalue weighted by molar-refractivity contribution is 5.78. The minimum atomic E-state index is -0.0421. The van der Waals surface area contributed by atoms with Crippen LogP contribution in [0.15, 0.2) is 67.3 Å². The molecule has 0 bridgehead atoms. The summed E-state index contributed by atoms with van der Waals surface area (Å²) >= 11 is 0. The molecular formula is C21H23N4O+. The van der Waals surface area contributed by atoms with E-state index in [0.717, 1.165) is 12.1 Å². The third-order valence-corrected chi connectivity index (χ3v) is 4.98. The second-order valence-electron chi connectivity index (χ2n) is 7.08. The molecule has 2 atom stereocenters. The Morgan fingerprint density at radius 1 is 1.15 bits per heavy atom. The van der Waals surface area contributed by atoms with Crippen LogP contribution in [-0.2, 0) is 11.2 Å². The van der Waals surface area contributed by atoms with Gasteiger partial charge in [0.05, 0.1) is 6.04 Å². The summed E-state index contributed by atoms with van der Waals surface area (Å²) in [4.78, 5) is 12.4. The standard InChI is InChI=1S/C21H22N4O/c1-15(2)21(26)23-20-18-11-7-6-8-16(18)12-19(20)24-13-22-25(14-24)17-9-4-3-5-10-17/h3-11,13-15,19-20H,12H2,1-2H3/p+1/t19-,20-/m1/s1. The van der Waals surface area contributed by atoms with E-state index in [2.05, 4.69) is 33.2 Å². The maximum atomic E-state index is 12.4. The normalized spacial score (nSPS) is 18.7. The number of para-hydroxylation sites is 1. The number of aromatic nitrogens is 3. The Labute approximate surface area is 153 Å². The van der Waals surface area contributed by atoms with Gasteiger partial charge in [0.15, 0.2) is 0 Å². The number of hydrogen-bond acceptors (Lipinski definition) is 2. The molecule has 0 fully saturated rings. The van der Waals surface area contributed by atoms with Crippen LogP contribution in [0.2, 0.25) is 0 Å². The molecule has 5 nitrogen and oxygen atoms in total. The molecule has 132 valence electrons. The maximum absolute atomic E-state index is 12.4. The second-order valence-corrected chi connectivity index (χ2v) is 7.08. The van der Waals surface area contributed by atoms with E-state index < -0.39 is 0 Å². The minimum absolute atomic E-state index is 0.0412. The molecular weight excluding hydrogens is 324 g/mol. The van der Waals surface area contributed by atoms with E-state index in [1.807, 2.05) is 67.6 Å². The van der Waals surface area contributed by atoms with Crippen molar-refractivity contribution in [2.75, 3.05) is 0 Å². The van der Waals surface area contributed by atoms with E-state index >= 15 is 0 Å². The van der Waals surface area contributed by atoms with E-state index in [0.29, 0.717) is 0 Å². The lowest BCUT2D eigenvalue weighted by atomic mass is 10.1. The van der Waals surface area contributed by atoms with Gasteiger partial charge in [0.2, 0.25) is 12.2 Å². The first-order valence-corrected chi connectivity index (χ1v) is 9.02. The van der Waals surface area contributed by atoms with Gasteiger partial charge in [-0.1, -0.05) is 61.0 Å². The van der Waals surface area contributed by atoms with Crippen molar-refractivity contribution in [3.8, 4) is 5.69 Å². The zero-order chi connectivity index (χ0) is 18.1. The summed E-state index contributed by atoms with van der Waals surface area (Å²) in [6.07, 6.45) is 4.73. The highest BCUT2D eigenvalue weighted by atomic mass is 16.1. The third kappa shape index (κ3) is 3.01. The quantitative estimate of drug-likeness (QED) is 0.738. The van der Waals surface area contributed by atoms with E-state index in [1.54, 1.807) is 0 Å². The molecule has 0 saturated heterocycles. The predicted octanol–water partition coefficient (Wildman–Crippen LogP) is 2.77. The zero-order valence-corrected chi connectivity index (χ0v) is 15.0. The largest absolute Gasteiger partial charge is 0.346 e. The molecule has 2 aromatic carbocycles. The van der Waals surface area contributed by atoms with Crippen molar-refractivity contribution in [1.29, 1.82) is 0 Å². The lowest BCUT2D eigenvalue weighted by Gasteiger charge is -2.21. The van der Waals surface area contributed by atoms with Crippen molar-refractivity contribution in [1.82, 2.24) is 15.1 Å². The van der Waals surface area contributed by atoms with Crippen LogP contribution in [0.3, 0.4) is 0 Å². The van der Waals surface area contributed by atoms with Crippen molar-refractivity contribution >= 4 is 5.91 Å². The van der Waals surface area contributed by atoms with Crippen LogP contribution >= 0.6 is 0 Å². The van der Waals surface area contributed by atoms with E-state index in [9.17, 15) is 4.79 Å². The summed E-state index contributed by atoms with van der Waals surface area (Å²) in [6, 6.07) is 18.5. The number of nitrogens with one attached hydrogen (secondary N) is 1. The highest BCUT2D eigenvalue weighted by Gasteiger charge is 2.37. The van der Waals surface area contributed by atoms with Gasteiger partial charge >= 0.3 is 0 Å². The SMILES string of the molecule is CC(C)C(=O)N[C@@H]1c2ccccc2C[C@H]1[n+]1cnn(-c2ccccc2)c1. The lowest BCUT2D eigenvalue weighted by molar-refractivity contribution is -0.725. The second kappa shape index (κ2) is 6.75. The van der Waals surface area contributed by atoms with Gasteiger partial charge in [-0.25, -0.2) is 4.57 Å². The molecule has 1 amide bonds. The fourth-order valence-corrected chi connectivity index (χ4v) is 3.53. The lowest BCUT2D eigenvalue weighted by Crippen LogP contribution is -2.46. The molecule has 0 unspecified atom stereocenters. The van der Waals surface area contributed by atoms with Gasteiger partial charge in [0, 0.05) is 17.4 Å². The predicted molar refractivity (Wildman–Crippen MR) is 98.7 cm³/mol. The maximum Gasteiger partial charge on any atom is 0.265 e. The van der Waals surface area contributed by atoms with Crippen molar-refractivity contribution in [2.24, 2.45) is 5.92 Å². The molecule has 1 aliphatic carbocycles. The van der Waals surface area contributed by atoms with Gasteiger partial charge < -0.3 is 5.32 Å². The van der Waals surface area contributed by atoms with Crippen molar-refractivity contribution in [3.05, 3.63) is 78.4 Å². The first-order valence-electron chi connectivity index (χ1n) is 9.02. The van der Waals surface area contributed by atoms with E-state index in [1.165, 1.54) is 11.1 Å². The molecule has 1 aliphatic rings. The molecule has 0 spiro atoms. The molecule has 5 heteroatoms. The van der Waals surface area contributed by atoms with Gasteiger partial charge in [-0.3, -0.25) is 4.79 Å². The summed E-state index contributed by atoms with van der Waals surface area (Å²) in [5, 5.41) is 7.74. The summed E-state index contributed by atoms with van der Waals surface area (Å²) < 4.78 is 3.97. The fourth-order valence-electron chi connectivity index (χ4n) is 3.53. The van der Waals surface area contributed by atoms with Crippen LogP contribution < -0.4 is 9.88 Å². The number of fused-ring (bicyclic) bond motifs is 1. The Morgan fingerprint density at radius 2 is 1.88 bits per heavy atom. The van der Waals surface area contributed by atoms with Gasteiger partial charge in [0.1, 0.15) is 11.7 Å². The van der Waals surface area contributed by atoms with Crippen LogP contribution in [-0.4, -0.2) is 15.7 Å². The first kappa shape index (κ1) is 16.5. The van der Waals surface area contributed by atoms with Gasteiger partial charge in [-0.05, 0) is 23.3 Å². The van der Waals surface area contributed by atoms with E-state index in [4.69, 9.17) is 0 Å². The van der Waals surface area contributed by atoms with Crippen molar-refractivity contribution in [2.45, 2.75) is 32.4 Å². The fraction of sp³-hybridized carbons (Fsp3) is 0.286. The summed E-state index contributed by atoms with van der Waals surface area (Å²) in [7, 11) is 0. The molecule has 0 aliphatic heterocycles. The Balaban J connectivity index is 1.67. The van der Waals surface area contributed by atoms with E-state index in [-0.39, 0.29) is 23.9 Å². The number of amides is 1. The van der Waals surface area contributed by atoms with Crippen LogP contribution in [0.5, 0.6) is 0 Å². The summed E-state index contributed by atoms with van der Waals surface area (Å²) in [6.45, 7) is 3.84. The number of benzene rings is 2. The summed E-state index contributed by atoms with van der Waals surface area (Å²) in [5.74, 6) is 0.0354. The Kier molecular flexibility index (Phi) is 4.29. The topological polar surface area (TPSA) is 50.8 Å². The van der Waals surface area contributed by atoms with Gasteiger partial charge in [-0.2, -0.15) is 0 Å². The Bertz CT molecular complexity index is 917. The molecule has 3 aromatic rings. The van der Waals surface area contributed by atoms with Crippen LogP contribution in [0, 0.1) is 5.92 Å². The Hall–Kier alpha value is -2.95. The molecule has 1 heterocycles. The third-order valence-electron chi connectivity index (χ3n) is 4.98. The van der Waals surface area contributed by atoms with Crippen LogP contribution in [0.1, 0.15) is 37.1 Å². The monoisotopic (exact) mass is 347 g/mol. The molecule has 26 heavy (non-hydrogen) atoms. The highest BCUT2D eigenvalue weighted by Crippen LogP contribution is 2.36. The number of carbonyl (C=O) groups excluding carboxylic acids is 1. The molecule has 0 saturated carbocycles. The average Bonchev–Trinajstić information content (AvgIpc) is 3.28. The molecule has 4 rings (SSSR count).